The molecule has 1 aromatic heterocycles. The molecule has 0 saturated carbocycles. The van der Waals surface area contributed by atoms with Crippen molar-refractivity contribution in [1.82, 2.24) is 4.90 Å². The van der Waals surface area contributed by atoms with E-state index in [0.717, 1.165) is 12.5 Å². The fourth-order valence-corrected chi connectivity index (χ4v) is 3.55. The second kappa shape index (κ2) is 5.30. The van der Waals surface area contributed by atoms with Crippen LogP contribution in [0.25, 0.3) is 0 Å². The Morgan fingerprint density at radius 3 is 2.94 bits per heavy atom. The summed E-state index contributed by atoms with van der Waals surface area (Å²) in [5.41, 5.74) is 7.37. The highest BCUT2D eigenvalue weighted by Crippen LogP contribution is 2.32. The molecule has 0 spiro atoms. The van der Waals surface area contributed by atoms with Crippen molar-refractivity contribution in [3.05, 3.63) is 22.4 Å². The van der Waals surface area contributed by atoms with E-state index < -0.39 is 0 Å². The number of nitrogens with two attached hydrogens (primary N) is 1. The maximum atomic E-state index is 5.97. The Hall–Kier alpha value is -0.380. The van der Waals surface area contributed by atoms with Crippen LogP contribution in [-0.4, -0.2) is 24.0 Å². The van der Waals surface area contributed by atoms with Crippen molar-refractivity contribution >= 4 is 11.3 Å². The molecule has 90 valence electrons. The minimum Gasteiger partial charge on any atom is -0.329 e. The Labute approximate surface area is 102 Å². The number of likely N-dealkylation sites (tertiary alicyclic amines) is 1. The van der Waals surface area contributed by atoms with Crippen LogP contribution in [0.1, 0.15) is 38.3 Å². The molecule has 2 nitrogen and oxygen atoms in total. The Morgan fingerprint density at radius 1 is 1.56 bits per heavy atom. The highest BCUT2D eigenvalue weighted by Gasteiger charge is 2.32. The van der Waals surface area contributed by atoms with Crippen molar-refractivity contribution in [3.63, 3.8) is 0 Å². The molecule has 2 heterocycles. The first-order valence-corrected chi connectivity index (χ1v) is 7.16. The van der Waals surface area contributed by atoms with E-state index in [1.54, 1.807) is 11.3 Å². The average molecular weight is 238 g/mol. The van der Waals surface area contributed by atoms with Crippen molar-refractivity contribution in [2.24, 2.45) is 11.7 Å². The molecule has 2 rings (SSSR count). The molecule has 3 heteroatoms. The molecular weight excluding hydrogens is 216 g/mol. The zero-order chi connectivity index (χ0) is 11.5. The molecule has 0 bridgehead atoms. The first-order chi connectivity index (χ1) is 7.74. The van der Waals surface area contributed by atoms with Gasteiger partial charge in [-0.3, -0.25) is 4.90 Å². The number of rotatable bonds is 4. The molecule has 1 aromatic rings. The van der Waals surface area contributed by atoms with E-state index in [1.807, 2.05) is 0 Å². The second-order valence-electron chi connectivity index (χ2n) is 5.00. The molecule has 0 aromatic carbocycles. The summed E-state index contributed by atoms with van der Waals surface area (Å²) < 4.78 is 0. The van der Waals surface area contributed by atoms with Gasteiger partial charge in [-0.05, 0) is 47.7 Å². The summed E-state index contributed by atoms with van der Waals surface area (Å²) in [5.74, 6) is 0.732. The van der Waals surface area contributed by atoms with Gasteiger partial charge >= 0.3 is 0 Å². The van der Waals surface area contributed by atoms with Crippen LogP contribution in [0.3, 0.4) is 0 Å². The van der Waals surface area contributed by atoms with Gasteiger partial charge in [0.15, 0.2) is 0 Å². The normalized spacial score (nSPS) is 24.1. The van der Waals surface area contributed by atoms with E-state index in [0.29, 0.717) is 12.1 Å². The van der Waals surface area contributed by atoms with E-state index in [1.165, 1.54) is 24.9 Å². The molecule has 2 N–H and O–H groups in total. The molecule has 1 fully saturated rings. The Bertz CT molecular complexity index is 308. The Morgan fingerprint density at radius 2 is 2.38 bits per heavy atom. The van der Waals surface area contributed by atoms with E-state index in [2.05, 4.69) is 35.6 Å². The molecule has 2 atom stereocenters. The van der Waals surface area contributed by atoms with Crippen LogP contribution in [0.15, 0.2) is 16.8 Å². The smallest absolute Gasteiger partial charge is 0.0481 e. The van der Waals surface area contributed by atoms with Gasteiger partial charge < -0.3 is 5.73 Å². The standard InChI is InChI=1S/C13H22N2S/c1-10(2)12-4-3-6-15(12)13(8-14)11-5-7-16-9-11/h5,7,9-10,12-13H,3-4,6,8,14H2,1-2H3. The largest absolute Gasteiger partial charge is 0.329 e. The maximum absolute atomic E-state index is 5.97. The van der Waals surface area contributed by atoms with Crippen molar-refractivity contribution in [3.8, 4) is 0 Å². The predicted molar refractivity (Wildman–Crippen MR) is 70.7 cm³/mol. The SMILES string of the molecule is CC(C)C1CCCN1C(CN)c1ccsc1. The average Bonchev–Trinajstić information content (AvgIpc) is 2.88. The molecule has 1 saturated heterocycles. The van der Waals surface area contributed by atoms with Gasteiger partial charge in [0.25, 0.3) is 0 Å². The summed E-state index contributed by atoms with van der Waals surface area (Å²) >= 11 is 1.77. The third-order valence-corrected chi connectivity index (χ3v) is 4.36. The molecule has 0 radical (unpaired) electrons. The quantitative estimate of drug-likeness (QED) is 0.874. The summed E-state index contributed by atoms with van der Waals surface area (Å²) in [6, 6.07) is 3.37. The molecule has 0 amide bonds. The van der Waals surface area contributed by atoms with Gasteiger partial charge in [-0.2, -0.15) is 11.3 Å². The lowest BCUT2D eigenvalue weighted by Gasteiger charge is -2.34. The lowest BCUT2D eigenvalue weighted by molar-refractivity contribution is 0.150. The van der Waals surface area contributed by atoms with Gasteiger partial charge in [-0.25, -0.2) is 0 Å². The minimum atomic E-state index is 0.432. The number of nitrogens with zero attached hydrogens (tertiary/aromatic N) is 1. The monoisotopic (exact) mass is 238 g/mol. The van der Waals surface area contributed by atoms with Gasteiger partial charge in [0.2, 0.25) is 0 Å². The van der Waals surface area contributed by atoms with Gasteiger partial charge in [0.1, 0.15) is 0 Å². The molecule has 16 heavy (non-hydrogen) atoms. The first-order valence-electron chi connectivity index (χ1n) is 6.22. The van der Waals surface area contributed by atoms with E-state index in [9.17, 15) is 0 Å². The van der Waals surface area contributed by atoms with Gasteiger partial charge in [-0.15, -0.1) is 0 Å². The van der Waals surface area contributed by atoms with Crippen molar-refractivity contribution < 1.29 is 0 Å². The van der Waals surface area contributed by atoms with Crippen molar-refractivity contribution in [2.45, 2.75) is 38.8 Å². The zero-order valence-corrected chi connectivity index (χ0v) is 11.0. The third kappa shape index (κ3) is 2.31. The van der Waals surface area contributed by atoms with E-state index in [4.69, 9.17) is 5.73 Å². The van der Waals surface area contributed by atoms with Crippen LogP contribution < -0.4 is 5.73 Å². The van der Waals surface area contributed by atoms with Crippen LogP contribution in [-0.2, 0) is 0 Å². The Balaban J connectivity index is 2.15. The van der Waals surface area contributed by atoms with Crippen LogP contribution in [0, 0.1) is 5.92 Å². The summed E-state index contributed by atoms with van der Waals surface area (Å²) in [4.78, 5) is 2.62. The fraction of sp³-hybridized carbons (Fsp3) is 0.692. The highest BCUT2D eigenvalue weighted by atomic mass is 32.1. The number of hydrogen-bond donors (Lipinski definition) is 1. The Kier molecular flexibility index (Phi) is 4.00. The summed E-state index contributed by atoms with van der Waals surface area (Å²) in [5, 5.41) is 4.39. The number of thiophene rings is 1. The molecular formula is C13H22N2S. The first kappa shape index (κ1) is 12.1. The number of hydrogen-bond acceptors (Lipinski definition) is 3. The lowest BCUT2D eigenvalue weighted by Crippen LogP contribution is -2.39. The van der Waals surface area contributed by atoms with Crippen molar-refractivity contribution in [2.75, 3.05) is 13.1 Å². The maximum Gasteiger partial charge on any atom is 0.0481 e. The highest BCUT2D eigenvalue weighted by molar-refractivity contribution is 7.07. The van der Waals surface area contributed by atoms with Crippen LogP contribution >= 0.6 is 11.3 Å². The third-order valence-electron chi connectivity index (χ3n) is 3.66. The molecule has 1 aliphatic rings. The van der Waals surface area contributed by atoms with Crippen molar-refractivity contribution in [1.29, 1.82) is 0 Å². The van der Waals surface area contributed by atoms with E-state index in [-0.39, 0.29) is 0 Å². The summed E-state index contributed by atoms with van der Waals surface area (Å²) in [7, 11) is 0. The minimum absolute atomic E-state index is 0.432. The molecule has 2 unspecified atom stereocenters. The molecule has 0 aliphatic carbocycles. The fourth-order valence-electron chi connectivity index (χ4n) is 2.85. The predicted octanol–water partition coefficient (Wildman–Crippen LogP) is 2.87. The van der Waals surface area contributed by atoms with Crippen LogP contribution in [0.5, 0.6) is 0 Å². The summed E-state index contributed by atoms with van der Waals surface area (Å²) in [6.45, 7) is 6.59. The van der Waals surface area contributed by atoms with Crippen LogP contribution in [0.4, 0.5) is 0 Å². The lowest BCUT2D eigenvalue weighted by atomic mass is 9.99. The zero-order valence-electron chi connectivity index (χ0n) is 10.2. The molecule has 1 aliphatic heterocycles. The van der Waals surface area contributed by atoms with Gasteiger partial charge in [0, 0.05) is 18.6 Å². The second-order valence-corrected chi connectivity index (χ2v) is 5.78. The van der Waals surface area contributed by atoms with Gasteiger partial charge in [0.05, 0.1) is 0 Å². The summed E-state index contributed by atoms with van der Waals surface area (Å²) in [6.07, 6.45) is 2.65. The topological polar surface area (TPSA) is 29.3 Å². The van der Waals surface area contributed by atoms with Gasteiger partial charge in [-0.1, -0.05) is 13.8 Å². The van der Waals surface area contributed by atoms with Crippen LogP contribution in [0.2, 0.25) is 0 Å². The van der Waals surface area contributed by atoms with E-state index >= 15 is 0 Å².